The number of rotatable bonds is 3. The van der Waals surface area contributed by atoms with Gasteiger partial charge >= 0.3 is 6.09 Å². The summed E-state index contributed by atoms with van der Waals surface area (Å²) >= 11 is 6.05. The van der Waals surface area contributed by atoms with Crippen LogP contribution < -0.4 is 0 Å². The number of nitrogens with zero attached hydrogens (tertiary/aromatic N) is 2. The summed E-state index contributed by atoms with van der Waals surface area (Å²) in [5.74, 6) is 0. The van der Waals surface area contributed by atoms with Crippen LogP contribution in [0.4, 0.5) is 4.79 Å². The van der Waals surface area contributed by atoms with E-state index in [1.807, 2.05) is 32.9 Å². The Morgan fingerprint density at radius 2 is 1.61 bits per heavy atom. The molecule has 150 valence electrons. The van der Waals surface area contributed by atoms with Crippen molar-refractivity contribution in [2.75, 3.05) is 26.2 Å². The maximum atomic E-state index is 12.3. The molecule has 1 unspecified atom stereocenters. The molecule has 2 aromatic carbocycles. The van der Waals surface area contributed by atoms with Gasteiger partial charge < -0.3 is 9.64 Å². The van der Waals surface area contributed by atoms with Crippen LogP contribution >= 0.6 is 11.6 Å². The molecule has 2 aromatic rings. The molecule has 1 aliphatic heterocycles. The van der Waals surface area contributed by atoms with Gasteiger partial charge in [-0.3, -0.25) is 4.90 Å². The Kier molecular flexibility index (Phi) is 6.31. The summed E-state index contributed by atoms with van der Waals surface area (Å²) in [5, 5.41) is 0.743. The number of hydrogen-bond donors (Lipinski definition) is 0. The van der Waals surface area contributed by atoms with E-state index < -0.39 is 5.60 Å². The molecule has 3 rings (SSSR count). The predicted molar refractivity (Wildman–Crippen MR) is 115 cm³/mol. The zero-order chi connectivity index (χ0) is 20.3. The van der Waals surface area contributed by atoms with Gasteiger partial charge in [-0.05, 0) is 56.5 Å². The lowest BCUT2D eigenvalue weighted by Crippen LogP contribution is -2.50. The molecule has 0 spiro atoms. The normalized spacial score (nSPS) is 16.7. The second-order valence-corrected chi connectivity index (χ2v) is 8.71. The van der Waals surface area contributed by atoms with Crippen molar-refractivity contribution < 1.29 is 9.53 Å². The van der Waals surface area contributed by atoms with Crippen molar-refractivity contribution in [3.05, 3.63) is 59.1 Å². The molecule has 1 fully saturated rings. The van der Waals surface area contributed by atoms with E-state index in [1.165, 1.54) is 16.7 Å². The van der Waals surface area contributed by atoms with Gasteiger partial charge in [-0.2, -0.15) is 0 Å². The second kappa shape index (κ2) is 8.54. The van der Waals surface area contributed by atoms with E-state index in [9.17, 15) is 4.79 Å². The van der Waals surface area contributed by atoms with E-state index in [0.717, 1.165) is 18.1 Å². The quantitative estimate of drug-likeness (QED) is 0.670. The molecule has 0 N–H and O–H groups in total. The Hall–Kier alpha value is -2.04. The van der Waals surface area contributed by atoms with Crippen LogP contribution in [0.1, 0.15) is 39.3 Å². The minimum atomic E-state index is -0.459. The highest BCUT2D eigenvalue weighted by molar-refractivity contribution is 6.30. The smallest absolute Gasteiger partial charge is 0.410 e. The molecule has 0 aliphatic carbocycles. The predicted octanol–water partition coefficient (Wildman–Crippen LogP) is 5.62. The van der Waals surface area contributed by atoms with Gasteiger partial charge in [0.25, 0.3) is 0 Å². The number of halogens is 1. The minimum absolute atomic E-state index is 0.221. The van der Waals surface area contributed by atoms with Crippen molar-refractivity contribution in [2.24, 2.45) is 0 Å². The molecule has 1 atom stereocenters. The van der Waals surface area contributed by atoms with Crippen molar-refractivity contribution in [3.8, 4) is 11.1 Å². The van der Waals surface area contributed by atoms with Crippen molar-refractivity contribution >= 4 is 17.7 Å². The first-order valence-electron chi connectivity index (χ1n) is 9.81. The highest BCUT2D eigenvalue weighted by Crippen LogP contribution is 2.32. The molecule has 1 aliphatic rings. The van der Waals surface area contributed by atoms with Crippen LogP contribution in [-0.4, -0.2) is 47.7 Å². The van der Waals surface area contributed by atoms with Gasteiger partial charge in [0.2, 0.25) is 0 Å². The highest BCUT2D eigenvalue weighted by atomic mass is 35.5. The number of benzene rings is 2. The molecular formula is C23H29ClN2O2. The molecule has 0 saturated carbocycles. The highest BCUT2D eigenvalue weighted by Gasteiger charge is 2.28. The van der Waals surface area contributed by atoms with Crippen LogP contribution in [-0.2, 0) is 4.74 Å². The number of carbonyl (C=O) groups is 1. The zero-order valence-corrected chi connectivity index (χ0v) is 17.9. The van der Waals surface area contributed by atoms with E-state index in [2.05, 4.69) is 48.2 Å². The molecule has 1 heterocycles. The van der Waals surface area contributed by atoms with Crippen LogP contribution in [0.3, 0.4) is 0 Å². The summed E-state index contributed by atoms with van der Waals surface area (Å²) < 4.78 is 5.50. The number of piperazine rings is 1. The molecule has 1 saturated heterocycles. The second-order valence-electron chi connectivity index (χ2n) is 8.27. The lowest BCUT2D eigenvalue weighted by molar-refractivity contribution is 0.0110. The van der Waals surface area contributed by atoms with Gasteiger partial charge in [-0.25, -0.2) is 4.79 Å². The SMILES string of the molecule is CC(c1ccccc1-c1ccc(Cl)cc1)N1CCN(C(=O)OC(C)(C)C)CC1. The molecule has 5 heteroatoms. The Bertz CT molecular complexity index is 806. The molecular weight excluding hydrogens is 372 g/mol. The van der Waals surface area contributed by atoms with Gasteiger partial charge in [0.1, 0.15) is 5.60 Å². The third-order valence-electron chi connectivity index (χ3n) is 5.08. The average Bonchev–Trinajstić information content (AvgIpc) is 2.67. The van der Waals surface area contributed by atoms with Crippen molar-refractivity contribution in [2.45, 2.75) is 39.3 Å². The van der Waals surface area contributed by atoms with E-state index >= 15 is 0 Å². The van der Waals surface area contributed by atoms with Crippen molar-refractivity contribution in [1.29, 1.82) is 0 Å². The van der Waals surface area contributed by atoms with Crippen LogP contribution in [0.25, 0.3) is 11.1 Å². The Labute approximate surface area is 173 Å². The first-order chi connectivity index (χ1) is 13.2. The Morgan fingerprint density at radius 1 is 1.00 bits per heavy atom. The van der Waals surface area contributed by atoms with Crippen LogP contribution in [0, 0.1) is 0 Å². The number of ether oxygens (including phenoxy) is 1. The molecule has 4 nitrogen and oxygen atoms in total. The third kappa shape index (κ3) is 5.06. The molecule has 0 aromatic heterocycles. The van der Waals surface area contributed by atoms with Gasteiger partial charge in [-0.15, -0.1) is 0 Å². The van der Waals surface area contributed by atoms with Gasteiger partial charge in [0.05, 0.1) is 0 Å². The number of amides is 1. The number of carbonyl (C=O) groups excluding carboxylic acids is 1. The summed E-state index contributed by atoms with van der Waals surface area (Å²) in [7, 11) is 0. The Morgan fingerprint density at radius 3 is 2.21 bits per heavy atom. The average molecular weight is 401 g/mol. The lowest BCUT2D eigenvalue weighted by atomic mass is 9.94. The van der Waals surface area contributed by atoms with E-state index in [1.54, 1.807) is 4.90 Å². The van der Waals surface area contributed by atoms with E-state index in [0.29, 0.717) is 13.1 Å². The standard InChI is InChI=1S/C23H29ClN2O2/c1-17(25-13-15-26(16-14-25)22(27)28-23(2,3)4)20-7-5-6-8-21(20)18-9-11-19(24)12-10-18/h5-12,17H,13-16H2,1-4H3. The monoisotopic (exact) mass is 400 g/mol. The maximum absolute atomic E-state index is 12.3. The van der Waals surface area contributed by atoms with Gasteiger partial charge in [0, 0.05) is 37.2 Å². The number of hydrogen-bond acceptors (Lipinski definition) is 3. The largest absolute Gasteiger partial charge is 0.444 e. The first-order valence-corrected chi connectivity index (χ1v) is 10.2. The fourth-order valence-electron chi connectivity index (χ4n) is 3.57. The van der Waals surface area contributed by atoms with Gasteiger partial charge in [0.15, 0.2) is 0 Å². The first kappa shape index (κ1) is 20.7. The third-order valence-corrected chi connectivity index (χ3v) is 5.33. The fraction of sp³-hybridized carbons (Fsp3) is 0.435. The van der Waals surface area contributed by atoms with Gasteiger partial charge in [-0.1, -0.05) is 48.0 Å². The summed E-state index contributed by atoms with van der Waals surface area (Å²) in [6.07, 6.45) is -0.221. The minimum Gasteiger partial charge on any atom is -0.444 e. The van der Waals surface area contributed by atoms with E-state index in [-0.39, 0.29) is 12.1 Å². The molecule has 0 bridgehead atoms. The van der Waals surface area contributed by atoms with E-state index in [4.69, 9.17) is 16.3 Å². The van der Waals surface area contributed by atoms with Crippen molar-refractivity contribution in [3.63, 3.8) is 0 Å². The zero-order valence-electron chi connectivity index (χ0n) is 17.1. The summed E-state index contributed by atoms with van der Waals surface area (Å²) in [4.78, 5) is 16.5. The summed E-state index contributed by atoms with van der Waals surface area (Å²) in [5.41, 5.74) is 3.22. The van der Waals surface area contributed by atoms with Crippen molar-refractivity contribution in [1.82, 2.24) is 9.80 Å². The molecule has 0 radical (unpaired) electrons. The fourth-order valence-corrected chi connectivity index (χ4v) is 3.69. The van der Waals surface area contributed by atoms with Crippen LogP contribution in [0.15, 0.2) is 48.5 Å². The molecule has 28 heavy (non-hydrogen) atoms. The van der Waals surface area contributed by atoms with Crippen LogP contribution in [0.2, 0.25) is 5.02 Å². The lowest BCUT2D eigenvalue weighted by Gasteiger charge is -2.39. The Balaban J connectivity index is 1.70. The maximum Gasteiger partial charge on any atom is 0.410 e. The summed E-state index contributed by atoms with van der Waals surface area (Å²) in [6.45, 7) is 11.0. The summed E-state index contributed by atoms with van der Waals surface area (Å²) in [6, 6.07) is 16.7. The molecule has 1 amide bonds. The van der Waals surface area contributed by atoms with Crippen LogP contribution in [0.5, 0.6) is 0 Å². The topological polar surface area (TPSA) is 32.8 Å².